The van der Waals surface area contributed by atoms with Gasteiger partial charge in [0, 0.05) is 36.5 Å². The molecule has 0 bridgehead atoms. The second kappa shape index (κ2) is 10.1. The van der Waals surface area contributed by atoms with Gasteiger partial charge < -0.3 is 15.6 Å². The van der Waals surface area contributed by atoms with Crippen molar-refractivity contribution in [3.8, 4) is 16.9 Å². The van der Waals surface area contributed by atoms with Crippen LogP contribution in [-0.2, 0) is 21.4 Å². The number of ether oxygens (including phenoxy) is 1. The SMILES string of the molecule is CN(Cc1cc(-c2cc(N)cc(F)c2)c(OCC(=O)O)cc1F)S(=O)(=O)c1ccc(Cl)c(Cl)c1. The summed E-state index contributed by atoms with van der Waals surface area (Å²) in [5.41, 5.74) is 6.02. The predicted molar refractivity (Wildman–Crippen MR) is 124 cm³/mol. The van der Waals surface area contributed by atoms with E-state index < -0.39 is 40.8 Å². The number of nitrogens with two attached hydrogens (primary N) is 1. The molecule has 34 heavy (non-hydrogen) atoms. The molecule has 0 aliphatic rings. The minimum absolute atomic E-state index is 0.0354. The molecule has 0 unspecified atom stereocenters. The highest BCUT2D eigenvalue weighted by Crippen LogP contribution is 2.35. The van der Waals surface area contributed by atoms with Gasteiger partial charge in [-0.25, -0.2) is 22.0 Å². The molecule has 0 aliphatic carbocycles. The van der Waals surface area contributed by atoms with Crippen LogP contribution in [0.25, 0.3) is 11.1 Å². The average Bonchev–Trinajstić information content (AvgIpc) is 2.74. The Morgan fingerprint density at radius 1 is 1.09 bits per heavy atom. The van der Waals surface area contributed by atoms with E-state index in [1.165, 1.54) is 37.4 Å². The summed E-state index contributed by atoms with van der Waals surface area (Å²) in [5.74, 6) is -3.01. The number of aliphatic carboxylic acids is 1. The summed E-state index contributed by atoms with van der Waals surface area (Å²) in [7, 11) is -2.84. The van der Waals surface area contributed by atoms with Gasteiger partial charge in [-0.15, -0.1) is 0 Å². The molecule has 7 nitrogen and oxygen atoms in total. The first kappa shape index (κ1) is 25.7. The Morgan fingerprint density at radius 2 is 1.79 bits per heavy atom. The Hall–Kier alpha value is -2.92. The van der Waals surface area contributed by atoms with E-state index in [0.29, 0.717) is 0 Å². The molecule has 0 aromatic heterocycles. The molecule has 3 rings (SSSR count). The number of hydrogen-bond acceptors (Lipinski definition) is 5. The Labute approximate surface area is 204 Å². The number of anilines is 1. The summed E-state index contributed by atoms with van der Waals surface area (Å²) < 4.78 is 60.8. The normalized spacial score (nSPS) is 11.6. The molecule has 0 radical (unpaired) electrons. The van der Waals surface area contributed by atoms with Crippen LogP contribution in [0.3, 0.4) is 0 Å². The number of nitrogen functional groups attached to an aromatic ring is 1. The minimum atomic E-state index is -4.08. The quantitative estimate of drug-likeness (QED) is 0.404. The monoisotopic (exact) mass is 530 g/mol. The highest BCUT2D eigenvalue weighted by atomic mass is 35.5. The van der Waals surface area contributed by atoms with Gasteiger partial charge in [-0.1, -0.05) is 23.2 Å². The molecule has 0 amide bonds. The molecule has 3 aromatic rings. The lowest BCUT2D eigenvalue weighted by Gasteiger charge is -2.20. The predicted octanol–water partition coefficient (Wildman–Crippen LogP) is 4.80. The Balaban J connectivity index is 2.04. The van der Waals surface area contributed by atoms with Gasteiger partial charge in [0.15, 0.2) is 6.61 Å². The van der Waals surface area contributed by atoms with Crippen molar-refractivity contribution in [2.75, 3.05) is 19.4 Å². The van der Waals surface area contributed by atoms with Crippen molar-refractivity contribution in [2.45, 2.75) is 11.4 Å². The summed E-state index contributed by atoms with van der Waals surface area (Å²) in [4.78, 5) is 10.8. The number of carboxylic acid groups (broad SMARTS) is 1. The standard InChI is InChI=1S/C22H18Cl2F2N2O5S/c1-28(34(31,32)16-2-3-18(23)19(24)8-16)10-13-6-17(12-4-14(25)7-15(27)5-12)21(9-20(13)26)33-11-22(29)30/h2-9H,10-11,27H2,1H3,(H,29,30). The summed E-state index contributed by atoms with van der Waals surface area (Å²) in [6.45, 7) is -1.19. The Morgan fingerprint density at radius 3 is 2.41 bits per heavy atom. The van der Waals surface area contributed by atoms with Gasteiger partial charge in [0.1, 0.15) is 17.4 Å². The van der Waals surface area contributed by atoms with E-state index >= 15 is 0 Å². The first-order chi connectivity index (χ1) is 15.9. The van der Waals surface area contributed by atoms with Gasteiger partial charge in [0.25, 0.3) is 0 Å². The highest BCUT2D eigenvalue weighted by molar-refractivity contribution is 7.89. The van der Waals surface area contributed by atoms with Gasteiger partial charge in [0.05, 0.1) is 14.9 Å². The molecule has 0 aliphatic heterocycles. The van der Waals surface area contributed by atoms with Crippen molar-refractivity contribution in [3.63, 3.8) is 0 Å². The van der Waals surface area contributed by atoms with Crippen molar-refractivity contribution < 1.29 is 31.8 Å². The molecule has 3 aromatic carbocycles. The number of sulfonamides is 1. The zero-order valence-corrected chi connectivity index (χ0v) is 19.9. The highest BCUT2D eigenvalue weighted by Gasteiger charge is 2.24. The maximum atomic E-state index is 14.9. The van der Waals surface area contributed by atoms with Crippen LogP contribution < -0.4 is 10.5 Å². The fraction of sp³-hybridized carbons (Fsp3) is 0.136. The summed E-state index contributed by atoms with van der Waals surface area (Å²) in [6.07, 6.45) is 0. The Bertz CT molecular complexity index is 1350. The second-order valence-electron chi connectivity index (χ2n) is 7.23. The average molecular weight is 531 g/mol. The van der Waals surface area contributed by atoms with Crippen LogP contribution in [0.1, 0.15) is 5.56 Å². The number of nitrogens with zero attached hydrogens (tertiary/aromatic N) is 1. The van der Waals surface area contributed by atoms with Crippen LogP contribution in [0.15, 0.2) is 53.4 Å². The fourth-order valence-electron chi connectivity index (χ4n) is 3.12. The summed E-state index contributed by atoms with van der Waals surface area (Å²) >= 11 is 11.8. The molecule has 0 spiro atoms. The number of carbonyl (C=O) groups is 1. The molecule has 0 saturated heterocycles. The molecular formula is C22H18Cl2F2N2O5S. The van der Waals surface area contributed by atoms with E-state index in [0.717, 1.165) is 22.5 Å². The minimum Gasteiger partial charge on any atom is -0.481 e. The topological polar surface area (TPSA) is 110 Å². The number of carboxylic acids is 1. The molecular weight excluding hydrogens is 513 g/mol. The van der Waals surface area contributed by atoms with E-state index in [1.54, 1.807) is 0 Å². The van der Waals surface area contributed by atoms with Crippen LogP contribution >= 0.6 is 23.2 Å². The van der Waals surface area contributed by atoms with Gasteiger partial charge in [0.2, 0.25) is 10.0 Å². The van der Waals surface area contributed by atoms with Crippen LogP contribution in [0.4, 0.5) is 14.5 Å². The lowest BCUT2D eigenvalue weighted by Crippen LogP contribution is -2.27. The molecule has 0 atom stereocenters. The maximum absolute atomic E-state index is 14.9. The van der Waals surface area contributed by atoms with E-state index in [9.17, 15) is 22.0 Å². The van der Waals surface area contributed by atoms with Crippen molar-refractivity contribution >= 4 is 44.9 Å². The largest absolute Gasteiger partial charge is 0.481 e. The molecule has 180 valence electrons. The number of halogens is 4. The molecule has 0 saturated carbocycles. The third-order valence-electron chi connectivity index (χ3n) is 4.72. The van der Waals surface area contributed by atoms with Gasteiger partial charge in [-0.05, 0) is 48.0 Å². The van der Waals surface area contributed by atoms with Crippen LogP contribution in [0, 0.1) is 11.6 Å². The van der Waals surface area contributed by atoms with E-state index in [-0.39, 0.29) is 43.1 Å². The number of hydrogen-bond donors (Lipinski definition) is 2. The first-order valence-electron chi connectivity index (χ1n) is 9.53. The van der Waals surface area contributed by atoms with Crippen molar-refractivity contribution in [3.05, 3.63) is 75.8 Å². The van der Waals surface area contributed by atoms with E-state index in [2.05, 4.69) is 0 Å². The molecule has 0 fully saturated rings. The second-order valence-corrected chi connectivity index (χ2v) is 10.1. The van der Waals surface area contributed by atoms with Gasteiger partial charge in [-0.3, -0.25) is 0 Å². The molecule has 0 heterocycles. The van der Waals surface area contributed by atoms with Crippen LogP contribution in [0.2, 0.25) is 10.0 Å². The lowest BCUT2D eigenvalue weighted by atomic mass is 10.0. The Kier molecular flexibility index (Phi) is 7.67. The zero-order chi connectivity index (χ0) is 25.2. The first-order valence-corrected chi connectivity index (χ1v) is 11.7. The number of benzene rings is 3. The third-order valence-corrected chi connectivity index (χ3v) is 7.26. The summed E-state index contributed by atoms with van der Waals surface area (Å²) in [5, 5.41) is 9.12. The van der Waals surface area contributed by atoms with Crippen molar-refractivity contribution in [1.29, 1.82) is 0 Å². The van der Waals surface area contributed by atoms with Crippen molar-refractivity contribution in [2.24, 2.45) is 0 Å². The van der Waals surface area contributed by atoms with Crippen LogP contribution in [-0.4, -0.2) is 37.5 Å². The maximum Gasteiger partial charge on any atom is 0.341 e. The zero-order valence-electron chi connectivity index (χ0n) is 17.6. The smallest absolute Gasteiger partial charge is 0.341 e. The third kappa shape index (κ3) is 5.76. The molecule has 3 N–H and O–H groups in total. The fourth-order valence-corrected chi connectivity index (χ4v) is 4.65. The van der Waals surface area contributed by atoms with Crippen molar-refractivity contribution in [1.82, 2.24) is 4.31 Å². The van der Waals surface area contributed by atoms with Gasteiger partial charge in [-0.2, -0.15) is 4.31 Å². The molecule has 12 heteroatoms. The van der Waals surface area contributed by atoms with E-state index in [4.69, 9.17) is 38.8 Å². The van der Waals surface area contributed by atoms with E-state index in [1.807, 2.05) is 0 Å². The van der Waals surface area contributed by atoms with Crippen LogP contribution in [0.5, 0.6) is 5.75 Å². The van der Waals surface area contributed by atoms with Gasteiger partial charge >= 0.3 is 5.97 Å². The number of rotatable bonds is 8. The lowest BCUT2D eigenvalue weighted by molar-refractivity contribution is -0.139. The summed E-state index contributed by atoms with van der Waals surface area (Å²) in [6, 6.07) is 9.50.